The second-order valence-electron chi connectivity index (χ2n) is 5.81. The molecule has 4 nitrogen and oxygen atoms in total. The Morgan fingerprint density at radius 1 is 1.47 bits per heavy atom. The Kier molecular flexibility index (Phi) is 3.91. The third-order valence-corrected chi connectivity index (χ3v) is 4.27. The molecule has 1 saturated carbocycles. The van der Waals surface area contributed by atoms with E-state index in [0.717, 1.165) is 38.3 Å². The molecule has 3 rings (SSSR count). The molecule has 0 bridgehead atoms. The summed E-state index contributed by atoms with van der Waals surface area (Å²) in [5, 5.41) is 10.1. The first-order valence-corrected chi connectivity index (χ1v) is 7.44. The second kappa shape index (κ2) is 5.65. The lowest BCUT2D eigenvalue weighted by molar-refractivity contribution is -0.0342. The van der Waals surface area contributed by atoms with Crippen LogP contribution in [-0.2, 0) is 11.3 Å². The average Bonchev–Trinajstić information content (AvgIpc) is 3.19. The van der Waals surface area contributed by atoms with Gasteiger partial charge in [0.25, 0.3) is 0 Å². The van der Waals surface area contributed by atoms with Gasteiger partial charge in [-0.1, -0.05) is 6.92 Å². The van der Waals surface area contributed by atoms with Gasteiger partial charge in [0.15, 0.2) is 0 Å². The van der Waals surface area contributed by atoms with Crippen molar-refractivity contribution in [2.45, 2.75) is 38.5 Å². The molecule has 2 fully saturated rings. The zero-order chi connectivity index (χ0) is 13.2. The second-order valence-corrected chi connectivity index (χ2v) is 5.81. The van der Waals surface area contributed by atoms with Crippen LogP contribution in [-0.4, -0.2) is 46.9 Å². The highest BCUT2D eigenvalue weighted by Gasteiger charge is 2.31. The highest BCUT2D eigenvalue weighted by Crippen LogP contribution is 2.40. The molecule has 19 heavy (non-hydrogen) atoms. The van der Waals surface area contributed by atoms with Crippen LogP contribution in [0.5, 0.6) is 0 Å². The average molecular weight is 264 g/mol. The zero-order valence-corrected chi connectivity index (χ0v) is 11.7. The van der Waals surface area contributed by atoms with E-state index in [0.29, 0.717) is 5.92 Å². The predicted molar refractivity (Wildman–Crippen MR) is 74.0 cm³/mol. The molecular weight excluding hydrogens is 240 g/mol. The van der Waals surface area contributed by atoms with E-state index >= 15 is 0 Å². The lowest BCUT2D eigenvalue weighted by Gasteiger charge is -2.32. The summed E-state index contributed by atoms with van der Waals surface area (Å²) in [4.78, 5) is 2.43. The lowest BCUT2D eigenvalue weighted by Crippen LogP contribution is -2.43. The summed E-state index contributed by atoms with van der Waals surface area (Å²) in [7, 11) is 0. The summed E-state index contributed by atoms with van der Waals surface area (Å²) in [6, 6.07) is 2.05. The first-order valence-electron chi connectivity index (χ1n) is 7.44. The number of likely N-dealkylation sites (N-methyl/N-ethyl adjacent to an activating group) is 1. The van der Waals surface area contributed by atoms with Crippen LogP contribution in [0.3, 0.4) is 0 Å². The molecule has 0 radical (unpaired) electrons. The Hall–Kier alpha value is -0.840. The van der Waals surface area contributed by atoms with Gasteiger partial charge in [0.1, 0.15) is 0 Å². The van der Waals surface area contributed by atoms with E-state index in [2.05, 4.69) is 28.8 Å². The summed E-state index contributed by atoms with van der Waals surface area (Å²) >= 11 is 0. The number of aromatic nitrogens is 1. The Bertz CT molecular complexity index is 414. The third kappa shape index (κ3) is 3.19. The topological polar surface area (TPSA) is 37.6 Å². The molecule has 2 unspecified atom stereocenters. The van der Waals surface area contributed by atoms with Crippen molar-refractivity contribution < 1.29 is 9.84 Å². The SMILES string of the molecule is CCN1CCOC(Cn2ccc(C(O)C3CC3)c2)C1. The van der Waals surface area contributed by atoms with Crippen molar-refractivity contribution in [1.29, 1.82) is 0 Å². The summed E-state index contributed by atoms with van der Waals surface area (Å²) in [5.74, 6) is 0.498. The van der Waals surface area contributed by atoms with Gasteiger partial charge in [0.2, 0.25) is 0 Å². The van der Waals surface area contributed by atoms with Gasteiger partial charge < -0.3 is 14.4 Å². The summed E-state index contributed by atoms with van der Waals surface area (Å²) in [6.07, 6.45) is 6.49. The maximum atomic E-state index is 10.1. The molecule has 2 aliphatic rings. The first kappa shape index (κ1) is 13.2. The Morgan fingerprint density at radius 2 is 2.32 bits per heavy atom. The molecule has 4 heteroatoms. The minimum atomic E-state index is -0.263. The van der Waals surface area contributed by atoms with Crippen molar-refractivity contribution in [2.24, 2.45) is 5.92 Å². The monoisotopic (exact) mass is 264 g/mol. The molecule has 0 amide bonds. The Balaban J connectivity index is 1.57. The number of aliphatic hydroxyl groups is 1. The van der Waals surface area contributed by atoms with Crippen LogP contribution in [0, 0.1) is 5.92 Å². The van der Waals surface area contributed by atoms with Crippen molar-refractivity contribution in [3.63, 3.8) is 0 Å². The van der Waals surface area contributed by atoms with E-state index in [4.69, 9.17) is 4.74 Å². The van der Waals surface area contributed by atoms with Crippen molar-refractivity contribution in [3.8, 4) is 0 Å². The van der Waals surface area contributed by atoms with Crippen LogP contribution in [0.25, 0.3) is 0 Å². The van der Waals surface area contributed by atoms with Crippen LogP contribution >= 0.6 is 0 Å². The minimum Gasteiger partial charge on any atom is -0.388 e. The van der Waals surface area contributed by atoms with Crippen LogP contribution in [0.2, 0.25) is 0 Å². The van der Waals surface area contributed by atoms with Crippen LogP contribution in [0.15, 0.2) is 18.5 Å². The number of nitrogens with zero attached hydrogens (tertiary/aromatic N) is 2. The fourth-order valence-corrected chi connectivity index (χ4v) is 2.85. The van der Waals surface area contributed by atoms with E-state index in [9.17, 15) is 5.11 Å². The number of aliphatic hydroxyl groups excluding tert-OH is 1. The molecule has 1 N–H and O–H groups in total. The smallest absolute Gasteiger partial charge is 0.0880 e. The minimum absolute atomic E-state index is 0.263. The third-order valence-electron chi connectivity index (χ3n) is 4.27. The number of rotatable bonds is 5. The van der Waals surface area contributed by atoms with E-state index in [1.807, 2.05) is 6.07 Å². The standard InChI is InChI=1S/C15H24N2O2/c1-2-16-7-8-19-14(10-16)11-17-6-5-13(9-17)15(18)12-3-4-12/h5-6,9,12,14-15,18H,2-4,7-8,10-11H2,1H3. The summed E-state index contributed by atoms with van der Waals surface area (Å²) < 4.78 is 7.98. The van der Waals surface area contributed by atoms with E-state index in [1.54, 1.807) is 0 Å². The normalized spacial score (nSPS) is 26.5. The number of hydrogen-bond donors (Lipinski definition) is 1. The van der Waals surface area contributed by atoms with Crippen LogP contribution in [0.4, 0.5) is 0 Å². The van der Waals surface area contributed by atoms with Gasteiger partial charge in [-0.25, -0.2) is 0 Å². The number of ether oxygens (including phenoxy) is 1. The largest absolute Gasteiger partial charge is 0.388 e. The molecule has 0 spiro atoms. The summed E-state index contributed by atoms with van der Waals surface area (Å²) in [6.45, 7) is 7.06. The van der Waals surface area contributed by atoms with Gasteiger partial charge in [-0.3, -0.25) is 4.90 Å². The van der Waals surface area contributed by atoms with Gasteiger partial charge in [-0.2, -0.15) is 0 Å². The van der Waals surface area contributed by atoms with Gasteiger partial charge in [0, 0.05) is 32.0 Å². The number of morpholine rings is 1. The Labute approximate surface area is 115 Å². The maximum Gasteiger partial charge on any atom is 0.0880 e. The molecule has 1 aliphatic heterocycles. The fourth-order valence-electron chi connectivity index (χ4n) is 2.85. The Morgan fingerprint density at radius 3 is 3.05 bits per heavy atom. The molecule has 2 heterocycles. The van der Waals surface area contributed by atoms with Crippen LogP contribution in [0.1, 0.15) is 31.4 Å². The van der Waals surface area contributed by atoms with Crippen molar-refractivity contribution in [1.82, 2.24) is 9.47 Å². The molecular formula is C15H24N2O2. The molecule has 106 valence electrons. The van der Waals surface area contributed by atoms with E-state index in [-0.39, 0.29) is 12.2 Å². The maximum absolute atomic E-state index is 10.1. The van der Waals surface area contributed by atoms with E-state index in [1.165, 1.54) is 12.8 Å². The molecule has 1 aliphatic carbocycles. The van der Waals surface area contributed by atoms with Gasteiger partial charge >= 0.3 is 0 Å². The number of hydrogen-bond acceptors (Lipinski definition) is 3. The van der Waals surface area contributed by atoms with Crippen molar-refractivity contribution >= 4 is 0 Å². The van der Waals surface area contributed by atoms with Crippen molar-refractivity contribution in [3.05, 3.63) is 24.0 Å². The van der Waals surface area contributed by atoms with E-state index < -0.39 is 0 Å². The fraction of sp³-hybridized carbons (Fsp3) is 0.733. The quantitative estimate of drug-likeness (QED) is 0.879. The zero-order valence-electron chi connectivity index (χ0n) is 11.7. The summed E-state index contributed by atoms with van der Waals surface area (Å²) in [5.41, 5.74) is 1.06. The predicted octanol–water partition coefficient (Wildman–Crippen LogP) is 1.65. The highest BCUT2D eigenvalue weighted by molar-refractivity contribution is 5.16. The molecule has 2 atom stereocenters. The van der Waals surface area contributed by atoms with Crippen molar-refractivity contribution in [2.75, 3.05) is 26.2 Å². The molecule has 1 saturated heterocycles. The lowest BCUT2D eigenvalue weighted by atomic mass is 10.1. The molecule has 1 aromatic rings. The molecule has 1 aromatic heterocycles. The van der Waals surface area contributed by atoms with Crippen LogP contribution < -0.4 is 0 Å². The van der Waals surface area contributed by atoms with Gasteiger partial charge in [0.05, 0.1) is 18.8 Å². The van der Waals surface area contributed by atoms with Gasteiger partial charge in [-0.05, 0) is 36.9 Å². The molecule has 0 aromatic carbocycles. The highest BCUT2D eigenvalue weighted by atomic mass is 16.5. The first-order chi connectivity index (χ1) is 9.26. The van der Waals surface area contributed by atoms with Gasteiger partial charge in [-0.15, -0.1) is 0 Å².